The second-order valence-electron chi connectivity index (χ2n) is 13.0. The average molecular weight is 587 g/mol. The quantitative estimate of drug-likeness (QED) is 0.298. The van der Waals surface area contributed by atoms with Crippen LogP contribution >= 0.6 is 12.4 Å². The van der Waals surface area contributed by atoms with Crippen molar-refractivity contribution in [2.45, 2.75) is 89.5 Å². The first kappa shape index (κ1) is 31.7. The lowest BCUT2D eigenvalue weighted by molar-refractivity contribution is -0.137. The summed E-state index contributed by atoms with van der Waals surface area (Å²) in [6.07, 6.45) is 18.2. The van der Waals surface area contributed by atoms with Crippen LogP contribution in [-0.2, 0) is 15.6 Å². The fraction of sp³-hybridized carbons (Fsp3) is 0.432. The molecule has 42 heavy (non-hydrogen) atoms. The first-order valence-electron chi connectivity index (χ1n) is 15.3. The molecule has 0 aromatic heterocycles. The number of carbonyl (C=O) groups is 1. The molecule has 2 aromatic rings. The molecule has 4 nitrogen and oxygen atoms in total. The van der Waals surface area contributed by atoms with Gasteiger partial charge in [0, 0.05) is 47.9 Å². The summed E-state index contributed by atoms with van der Waals surface area (Å²) in [5.41, 5.74) is 9.53. The van der Waals surface area contributed by atoms with Crippen LogP contribution in [0.2, 0.25) is 0 Å². The van der Waals surface area contributed by atoms with Crippen molar-refractivity contribution in [3.8, 4) is 0 Å². The van der Waals surface area contributed by atoms with Crippen LogP contribution in [0.25, 0.3) is 0 Å². The molecule has 0 spiro atoms. The highest BCUT2D eigenvalue weighted by molar-refractivity contribution is 5.85. The Morgan fingerprint density at radius 3 is 2.33 bits per heavy atom. The van der Waals surface area contributed by atoms with Crippen molar-refractivity contribution in [2.24, 2.45) is 0 Å². The van der Waals surface area contributed by atoms with E-state index < -0.39 is 5.97 Å². The number of nitrogens with zero attached hydrogens (tertiary/aromatic N) is 2. The molecule has 1 atom stereocenters. The monoisotopic (exact) mass is 586 g/mol. The van der Waals surface area contributed by atoms with Gasteiger partial charge < -0.3 is 14.9 Å². The summed E-state index contributed by atoms with van der Waals surface area (Å²) in [6.45, 7) is 10.3. The number of aliphatic carboxylic acids is 1. The molecule has 224 valence electrons. The number of hydrogen-bond acceptors (Lipinski definition) is 3. The van der Waals surface area contributed by atoms with Crippen molar-refractivity contribution in [1.82, 2.24) is 0 Å². The molecule has 1 N–H and O–H groups in total. The van der Waals surface area contributed by atoms with E-state index in [1.165, 1.54) is 45.8 Å². The number of carboxylic acid groups (broad SMARTS) is 1. The Bertz CT molecular complexity index is 1410. The third-order valence-electron chi connectivity index (χ3n) is 9.46. The number of benzene rings is 2. The normalized spacial score (nSPS) is 22.3. The SMILES string of the molecule is CN1C(=CC=C2C=C(C=CC3N(CCCCCC(=O)O)c4ccccc4C3(C)C)CCC2)C(C)(C)c2ccccc21.Cl. The van der Waals surface area contributed by atoms with Gasteiger partial charge in [0.25, 0.3) is 0 Å². The Morgan fingerprint density at radius 1 is 0.929 bits per heavy atom. The van der Waals surface area contributed by atoms with E-state index in [1.807, 2.05) is 0 Å². The van der Waals surface area contributed by atoms with E-state index >= 15 is 0 Å². The topological polar surface area (TPSA) is 43.8 Å². The molecule has 5 heteroatoms. The van der Waals surface area contributed by atoms with E-state index in [0.717, 1.165) is 38.6 Å². The highest BCUT2D eigenvalue weighted by atomic mass is 35.5. The fourth-order valence-electron chi connectivity index (χ4n) is 7.15. The second kappa shape index (κ2) is 13.0. The van der Waals surface area contributed by atoms with Gasteiger partial charge in [0.05, 0.1) is 6.04 Å². The van der Waals surface area contributed by atoms with Gasteiger partial charge in [-0.15, -0.1) is 12.4 Å². The number of hydrogen-bond donors (Lipinski definition) is 1. The number of unbranched alkanes of at least 4 members (excludes halogenated alkanes) is 2. The first-order valence-corrected chi connectivity index (χ1v) is 15.3. The average Bonchev–Trinajstić information content (AvgIpc) is 3.28. The Morgan fingerprint density at radius 2 is 1.62 bits per heavy atom. The van der Waals surface area contributed by atoms with Gasteiger partial charge in [0.15, 0.2) is 0 Å². The Labute approximate surface area is 258 Å². The zero-order valence-corrected chi connectivity index (χ0v) is 26.7. The molecule has 5 rings (SSSR count). The van der Waals surface area contributed by atoms with Gasteiger partial charge in [-0.05, 0) is 72.6 Å². The smallest absolute Gasteiger partial charge is 0.303 e. The minimum Gasteiger partial charge on any atom is -0.481 e. The Hall–Kier alpha value is -3.24. The van der Waals surface area contributed by atoms with E-state index in [9.17, 15) is 4.79 Å². The summed E-state index contributed by atoms with van der Waals surface area (Å²) in [4.78, 5) is 15.8. The van der Waals surface area contributed by atoms with Gasteiger partial charge in [-0.25, -0.2) is 0 Å². The van der Waals surface area contributed by atoms with E-state index in [2.05, 4.69) is 123 Å². The number of likely N-dealkylation sites (N-methyl/N-ethyl adjacent to an activating group) is 1. The number of anilines is 2. The Kier molecular flexibility index (Phi) is 9.77. The van der Waals surface area contributed by atoms with E-state index in [4.69, 9.17) is 5.11 Å². The maximum Gasteiger partial charge on any atom is 0.303 e. The molecular formula is C37H47ClN2O2. The molecule has 0 saturated heterocycles. The summed E-state index contributed by atoms with van der Waals surface area (Å²) in [6, 6.07) is 17.8. The van der Waals surface area contributed by atoms with Crippen molar-refractivity contribution in [2.75, 3.05) is 23.4 Å². The minimum atomic E-state index is -0.701. The summed E-state index contributed by atoms with van der Waals surface area (Å²) in [5.74, 6) is -0.701. The molecule has 2 aliphatic heterocycles. The highest BCUT2D eigenvalue weighted by Gasteiger charge is 2.42. The van der Waals surface area contributed by atoms with Gasteiger partial charge in [-0.1, -0.05) is 94.8 Å². The third-order valence-corrected chi connectivity index (χ3v) is 9.46. The van der Waals surface area contributed by atoms with Crippen LogP contribution in [0, 0.1) is 0 Å². The molecule has 0 radical (unpaired) electrons. The van der Waals surface area contributed by atoms with Crippen LogP contribution in [0.15, 0.2) is 95.8 Å². The minimum absolute atomic E-state index is 0. The molecule has 0 amide bonds. The van der Waals surface area contributed by atoms with Crippen molar-refractivity contribution in [3.63, 3.8) is 0 Å². The van der Waals surface area contributed by atoms with E-state index in [-0.39, 0.29) is 35.7 Å². The number of fused-ring (bicyclic) bond motifs is 2. The van der Waals surface area contributed by atoms with Gasteiger partial charge in [0.1, 0.15) is 0 Å². The maximum atomic E-state index is 10.9. The molecular weight excluding hydrogens is 540 g/mol. The van der Waals surface area contributed by atoms with Crippen LogP contribution in [0.1, 0.15) is 83.8 Å². The number of carboxylic acids is 1. The maximum absolute atomic E-state index is 10.9. The van der Waals surface area contributed by atoms with E-state index in [0.29, 0.717) is 0 Å². The van der Waals surface area contributed by atoms with Crippen LogP contribution in [0.4, 0.5) is 11.4 Å². The predicted octanol–water partition coefficient (Wildman–Crippen LogP) is 9.12. The fourth-order valence-corrected chi connectivity index (χ4v) is 7.15. The van der Waals surface area contributed by atoms with Crippen molar-refractivity contribution in [3.05, 3.63) is 107 Å². The largest absolute Gasteiger partial charge is 0.481 e. The standard InChI is InChI=1S/C37H46N2O2.ClH/c1-36(2)29-16-8-10-18-31(29)38(5)33(36)23-21-27-14-13-15-28(26-27)22-24-34-37(3,4)30-17-9-11-19-32(30)39(34)25-12-6-7-20-35(40)41;/h8-11,16-19,21-24,26,34H,6-7,12-15,20,25H2,1-5H3,(H,40,41);1H. The summed E-state index contributed by atoms with van der Waals surface area (Å²) >= 11 is 0. The molecule has 1 aliphatic carbocycles. The summed E-state index contributed by atoms with van der Waals surface area (Å²) < 4.78 is 0. The zero-order chi connectivity index (χ0) is 29.2. The van der Waals surface area contributed by atoms with Gasteiger partial charge in [-0.2, -0.15) is 0 Å². The highest BCUT2D eigenvalue weighted by Crippen LogP contribution is 2.47. The van der Waals surface area contributed by atoms with Crippen LogP contribution in [-0.4, -0.2) is 30.7 Å². The van der Waals surface area contributed by atoms with Crippen LogP contribution < -0.4 is 9.80 Å². The molecule has 0 bridgehead atoms. The molecule has 2 aromatic carbocycles. The summed E-state index contributed by atoms with van der Waals surface area (Å²) in [7, 11) is 2.18. The van der Waals surface area contributed by atoms with Gasteiger partial charge >= 0.3 is 5.97 Å². The van der Waals surface area contributed by atoms with Gasteiger partial charge in [0.2, 0.25) is 0 Å². The number of para-hydroxylation sites is 2. The molecule has 0 fully saturated rings. The number of allylic oxidation sites excluding steroid dienone is 7. The molecule has 1 unspecified atom stereocenters. The lowest BCUT2D eigenvalue weighted by Crippen LogP contribution is -2.40. The first-order chi connectivity index (χ1) is 19.6. The lowest BCUT2D eigenvalue weighted by Gasteiger charge is -2.32. The molecule has 3 aliphatic rings. The van der Waals surface area contributed by atoms with E-state index in [1.54, 1.807) is 0 Å². The summed E-state index contributed by atoms with van der Waals surface area (Å²) in [5, 5.41) is 9.00. The Balaban J connectivity index is 0.00000405. The van der Waals surface area contributed by atoms with Crippen LogP contribution in [0.5, 0.6) is 0 Å². The lowest BCUT2D eigenvalue weighted by atomic mass is 9.80. The van der Waals surface area contributed by atoms with Crippen molar-refractivity contribution >= 4 is 29.8 Å². The zero-order valence-electron chi connectivity index (χ0n) is 25.9. The van der Waals surface area contributed by atoms with Crippen molar-refractivity contribution in [1.29, 1.82) is 0 Å². The second-order valence-corrected chi connectivity index (χ2v) is 13.0. The third kappa shape index (κ3) is 6.24. The van der Waals surface area contributed by atoms with Crippen molar-refractivity contribution < 1.29 is 9.90 Å². The van der Waals surface area contributed by atoms with Crippen LogP contribution in [0.3, 0.4) is 0 Å². The van der Waals surface area contributed by atoms with Gasteiger partial charge in [-0.3, -0.25) is 4.79 Å². The predicted molar refractivity (Wildman–Crippen MR) is 179 cm³/mol. The molecule has 2 heterocycles. The number of halogens is 1. The molecule has 0 saturated carbocycles. The number of rotatable bonds is 9.